The lowest BCUT2D eigenvalue weighted by Gasteiger charge is -2.22. The molecule has 6 heteroatoms. The van der Waals surface area contributed by atoms with Crippen LogP contribution in [-0.2, 0) is 13.1 Å². The van der Waals surface area contributed by atoms with Gasteiger partial charge in [-0.2, -0.15) is 13.2 Å². The standard InChI is InChI=1S/C14H23F3N2O/c1-3-6-18-9-12-5-8-20-13(12)10-19(7-4-2)11-14(15,16)17/h5,8,18H,3-4,6-7,9-11H2,1-2H3. The third kappa shape index (κ3) is 6.43. The van der Waals surface area contributed by atoms with E-state index in [9.17, 15) is 13.2 Å². The van der Waals surface area contributed by atoms with E-state index in [1.165, 1.54) is 11.2 Å². The van der Waals surface area contributed by atoms with Gasteiger partial charge in [0.15, 0.2) is 0 Å². The number of rotatable bonds is 9. The highest BCUT2D eigenvalue weighted by molar-refractivity contribution is 5.16. The summed E-state index contributed by atoms with van der Waals surface area (Å²) in [4.78, 5) is 1.38. The van der Waals surface area contributed by atoms with Crippen molar-refractivity contribution in [3.05, 3.63) is 23.7 Å². The Labute approximate surface area is 118 Å². The first-order valence-corrected chi connectivity index (χ1v) is 7.01. The number of hydrogen-bond acceptors (Lipinski definition) is 3. The van der Waals surface area contributed by atoms with Gasteiger partial charge in [-0.15, -0.1) is 0 Å². The van der Waals surface area contributed by atoms with Gasteiger partial charge in [-0.3, -0.25) is 4.90 Å². The maximum atomic E-state index is 12.5. The summed E-state index contributed by atoms with van der Waals surface area (Å²) in [5.41, 5.74) is 0.932. The number of halogens is 3. The van der Waals surface area contributed by atoms with Gasteiger partial charge in [0.2, 0.25) is 0 Å². The minimum atomic E-state index is -4.18. The molecule has 0 bridgehead atoms. The monoisotopic (exact) mass is 292 g/mol. The van der Waals surface area contributed by atoms with Gasteiger partial charge in [-0.05, 0) is 32.0 Å². The van der Waals surface area contributed by atoms with Crippen LogP contribution < -0.4 is 5.32 Å². The van der Waals surface area contributed by atoms with Crippen LogP contribution in [0.2, 0.25) is 0 Å². The Kier molecular flexibility index (Phi) is 7.09. The highest BCUT2D eigenvalue weighted by Gasteiger charge is 2.30. The molecule has 1 N–H and O–H groups in total. The smallest absolute Gasteiger partial charge is 0.401 e. The fourth-order valence-corrected chi connectivity index (χ4v) is 2.05. The van der Waals surface area contributed by atoms with Crippen molar-refractivity contribution in [2.24, 2.45) is 0 Å². The highest BCUT2D eigenvalue weighted by Crippen LogP contribution is 2.20. The lowest BCUT2D eigenvalue weighted by Crippen LogP contribution is -2.34. The fourth-order valence-electron chi connectivity index (χ4n) is 2.05. The summed E-state index contributed by atoms with van der Waals surface area (Å²) in [6.07, 6.45) is -0.943. The summed E-state index contributed by atoms with van der Waals surface area (Å²) in [6, 6.07) is 1.82. The molecule has 0 fully saturated rings. The number of furan rings is 1. The van der Waals surface area contributed by atoms with Gasteiger partial charge in [-0.1, -0.05) is 13.8 Å². The van der Waals surface area contributed by atoms with Crippen LogP contribution in [0.25, 0.3) is 0 Å². The van der Waals surface area contributed by atoms with Crippen LogP contribution in [0.3, 0.4) is 0 Å². The maximum Gasteiger partial charge on any atom is 0.401 e. The fraction of sp³-hybridized carbons (Fsp3) is 0.714. The van der Waals surface area contributed by atoms with E-state index in [-0.39, 0.29) is 6.54 Å². The van der Waals surface area contributed by atoms with Gasteiger partial charge >= 0.3 is 6.18 Å². The van der Waals surface area contributed by atoms with E-state index < -0.39 is 12.7 Å². The molecule has 3 nitrogen and oxygen atoms in total. The molecule has 0 aliphatic rings. The molecule has 0 amide bonds. The first-order chi connectivity index (χ1) is 9.46. The zero-order valence-electron chi connectivity index (χ0n) is 12.1. The largest absolute Gasteiger partial charge is 0.468 e. The molecule has 1 aromatic rings. The molecule has 1 rings (SSSR count). The molecule has 1 aromatic heterocycles. The van der Waals surface area contributed by atoms with Crippen LogP contribution in [0.1, 0.15) is 38.0 Å². The van der Waals surface area contributed by atoms with Crippen LogP contribution >= 0.6 is 0 Å². The Bertz CT molecular complexity index is 377. The second-order valence-corrected chi connectivity index (χ2v) is 4.87. The van der Waals surface area contributed by atoms with Crippen molar-refractivity contribution in [3.63, 3.8) is 0 Å². The third-order valence-electron chi connectivity index (χ3n) is 2.89. The number of nitrogens with zero attached hydrogens (tertiary/aromatic N) is 1. The predicted molar refractivity (Wildman–Crippen MR) is 72.3 cm³/mol. The number of hydrogen-bond donors (Lipinski definition) is 1. The van der Waals surface area contributed by atoms with Gasteiger partial charge in [0, 0.05) is 12.1 Å². The van der Waals surface area contributed by atoms with Crippen LogP contribution in [-0.4, -0.2) is 30.7 Å². The van der Waals surface area contributed by atoms with Crippen LogP contribution in [0.5, 0.6) is 0 Å². The quantitative estimate of drug-likeness (QED) is 0.706. The summed E-state index contributed by atoms with van der Waals surface area (Å²) >= 11 is 0. The van der Waals surface area contributed by atoms with Crippen LogP contribution in [0.15, 0.2) is 16.7 Å². The van der Waals surface area contributed by atoms with Gasteiger partial charge in [0.05, 0.1) is 19.4 Å². The second-order valence-electron chi connectivity index (χ2n) is 4.87. The topological polar surface area (TPSA) is 28.4 Å². The zero-order chi connectivity index (χ0) is 15.0. The van der Waals surface area contributed by atoms with Crippen molar-refractivity contribution in [2.45, 2.75) is 46.0 Å². The molecule has 0 aromatic carbocycles. The molecule has 0 spiro atoms. The Morgan fingerprint density at radius 1 is 1.25 bits per heavy atom. The Balaban J connectivity index is 2.61. The third-order valence-corrected chi connectivity index (χ3v) is 2.89. The minimum absolute atomic E-state index is 0.198. The molecule has 116 valence electrons. The van der Waals surface area contributed by atoms with E-state index in [0.717, 1.165) is 18.5 Å². The lowest BCUT2D eigenvalue weighted by atomic mass is 10.2. The van der Waals surface area contributed by atoms with Gasteiger partial charge in [0.1, 0.15) is 5.76 Å². The van der Waals surface area contributed by atoms with Crippen molar-refractivity contribution < 1.29 is 17.6 Å². The van der Waals surface area contributed by atoms with Crippen molar-refractivity contribution in [3.8, 4) is 0 Å². The van der Waals surface area contributed by atoms with Crippen LogP contribution in [0.4, 0.5) is 13.2 Å². The molecule has 0 atom stereocenters. The molecular weight excluding hydrogens is 269 g/mol. The molecule has 0 aliphatic heterocycles. The first kappa shape index (κ1) is 17.0. The average Bonchev–Trinajstić information content (AvgIpc) is 2.75. The molecule has 0 saturated heterocycles. The molecule has 0 aliphatic carbocycles. The first-order valence-electron chi connectivity index (χ1n) is 7.01. The summed E-state index contributed by atoms with van der Waals surface area (Å²) in [7, 11) is 0. The Morgan fingerprint density at radius 2 is 2.00 bits per heavy atom. The van der Waals surface area contributed by atoms with E-state index in [2.05, 4.69) is 12.2 Å². The zero-order valence-corrected chi connectivity index (χ0v) is 12.1. The molecular formula is C14H23F3N2O. The predicted octanol–water partition coefficient (Wildman–Crippen LogP) is 3.55. The van der Waals surface area contributed by atoms with Crippen molar-refractivity contribution in [2.75, 3.05) is 19.6 Å². The maximum absolute atomic E-state index is 12.5. The summed E-state index contributed by atoms with van der Waals surface area (Å²) in [5, 5.41) is 3.23. The number of alkyl halides is 3. The van der Waals surface area contributed by atoms with Crippen molar-refractivity contribution in [1.82, 2.24) is 10.2 Å². The molecule has 0 unspecified atom stereocenters. The second kappa shape index (κ2) is 8.32. The van der Waals surface area contributed by atoms with Gasteiger partial charge < -0.3 is 9.73 Å². The van der Waals surface area contributed by atoms with Crippen molar-refractivity contribution >= 4 is 0 Å². The summed E-state index contributed by atoms with van der Waals surface area (Å²) < 4.78 is 42.9. The van der Waals surface area contributed by atoms with E-state index >= 15 is 0 Å². The van der Waals surface area contributed by atoms with Gasteiger partial charge in [-0.25, -0.2) is 0 Å². The average molecular weight is 292 g/mol. The van der Waals surface area contributed by atoms with E-state index in [0.29, 0.717) is 25.3 Å². The van der Waals surface area contributed by atoms with E-state index in [1.807, 2.05) is 13.0 Å². The van der Waals surface area contributed by atoms with Gasteiger partial charge in [0.25, 0.3) is 0 Å². The lowest BCUT2D eigenvalue weighted by molar-refractivity contribution is -0.147. The SMILES string of the molecule is CCCNCc1ccoc1CN(CCC)CC(F)(F)F. The molecule has 0 radical (unpaired) electrons. The normalized spacial score (nSPS) is 12.3. The van der Waals surface area contributed by atoms with Crippen molar-refractivity contribution in [1.29, 1.82) is 0 Å². The summed E-state index contributed by atoms with van der Waals surface area (Å²) in [5.74, 6) is 0.617. The molecule has 0 saturated carbocycles. The Hall–Kier alpha value is -1.01. The molecule has 1 heterocycles. The highest BCUT2D eigenvalue weighted by atomic mass is 19.4. The van der Waals surface area contributed by atoms with Crippen LogP contribution in [0, 0.1) is 0 Å². The minimum Gasteiger partial charge on any atom is -0.468 e. The number of nitrogens with one attached hydrogen (secondary N) is 1. The molecule has 20 heavy (non-hydrogen) atoms. The van der Waals surface area contributed by atoms with E-state index in [4.69, 9.17) is 4.42 Å². The van der Waals surface area contributed by atoms with E-state index in [1.54, 1.807) is 0 Å². The summed E-state index contributed by atoms with van der Waals surface area (Å²) in [6.45, 7) is 5.15. The Morgan fingerprint density at radius 3 is 2.60 bits per heavy atom.